The van der Waals surface area contributed by atoms with Gasteiger partial charge in [-0.1, -0.05) is 33.1 Å². The lowest BCUT2D eigenvalue weighted by Crippen LogP contribution is -2.07. The van der Waals surface area contributed by atoms with E-state index in [1.54, 1.807) is 0 Å². The average molecular weight is 196 g/mol. The van der Waals surface area contributed by atoms with E-state index in [-0.39, 0.29) is 12.1 Å². The lowest BCUT2D eigenvalue weighted by atomic mass is 10.0. The molecule has 0 spiro atoms. The highest BCUT2D eigenvalue weighted by atomic mass is 16.5. The van der Waals surface area contributed by atoms with E-state index in [9.17, 15) is 4.79 Å². The molecule has 1 aliphatic rings. The molecule has 1 aliphatic heterocycles. The molecule has 0 fully saturated rings. The molecule has 1 heterocycles. The molecular formula is C12H20O2. The Morgan fingerprint density at radius 2 is 2.14 bits per heavy atom. The van der Waals surface area contributed by atoms with Crippen LogP contribution in [0.25, 0.3) is 0 Å². The Hall–Kier alpha value is -0.790. The molecule has 1 rings (SSSR count). The minimum Gasteiger partial charge on any atom is -0.455 e. The number of carbonyl (C=O) groups is 1. The highest BCUT2D eigenvalue weighted by molar-refractivity contribution is 5.84. The van der Waals surface area contributed by atoms with Crippen LogP contribution in [0.4, 0.5) is 0 Å². The topological polar surface area (TPSA) is 26.3 Å². The third-order valence-corrected chi connectivity index (χ3v) is 2.48. The number of carbonyl (C=O) groups excluding carboxylic acids is 1. The highest BCUT2D eigenvalue weighted by Crippen LogP contribution is 2.15. The van der Waals surface area contributed by atoms with E-state index in [4.69, 9.17) is 4.74 Å². The van der Waals surface area contributed by atoms with Crippen LogP contribution in [-0.2, 0) is 9.53 Å². The van der Waals surface area contributed by atoms with Gasteiger partial charge in [0.15, 0.2) is 0 Å². The second kappa shape index (κ2) is 5.84. The Balaban J connectivity index is 1.94. The summed E-state index contributed by atoms with van der Waals surface area (Å²) in [6, 6.07) is 0. The Morgan fingerprint density at radius 3 is 2.71 bits per heavy atom. The first-order chi connectivity index (χ1) is 6.68. The predicted octanol–water partition coefficient (Wildman–Crippen LogP) is 3.07. The highest BCUT2D eigenvalue weighted by Gasteiger charge is 2.15. The Labute approximate surface area is 86.3 Å². The van der Waals surface area contributed by atoms with Crippen LogP contribution in [-0.4, -0.2) is 12.1 Å². The molecule has 0 aromatic heterocycles. The zero-order chi connectivity index (χ0) is 10.4. The van der Waals surface area contributed by atoms with Crippen molar-refractivity contribution in [2.24, 2.45) is 5.92 Å². The first kappa shape index (κ1) is 11.3. The van der Waals surface area contributed by atoms with Crippen LogP contribution < -0.4 is 0 Å². The Kier molecular flexibility index (Phi) is 4.71. The average Bonchev–Trinajstić information content (AvgIpc) is 2.50. The van der Waals surface area contributed by atoms with Crippen molar-refractivity contribution in [1.82, 2.24) is 0 Å². The Morgan fingerprint density at radius 1 is 1.36 bits per heavy atom. The van der Waals surface area contributed by atoms with Gasteiger partial charge in [-0.3, -0.25) is 0 Å². The van der Waals surface area contributed by atoms with Crippen LogP contribution in [0, 0.1) is 5.92 Å². The van der Waals surface area contributed by atoms with Crippen LogP contribution in [0.3, 0.4) is 0 Å². The first-order valence-corrected chi connectivity index (χ1v) is 5.57. The van der Waals surface area contributed by atoms with Gasteiger partial charge in [0, 0.05) is 6.08 Å². The van der Waals surface area contributed by atoms with Gasteiger partial charge in [0.05, 0.1) is 0 Å². The van der Waals surface area contributed by atoms with Crippen LogP contribution in [0.15, 0.2) is 12.2 Å². The summed E-state index contributed by atoms with van der Waals surface area (Å²) >= 11 is 0. The molecule has 0 saturated heterocycles. The molecule has 0 N–H and O–H groups in total. The van der Waals surface area contributed by atoms with Crippen molar-refractivity contribution in [3.05, 3.63) is 12.2 Å². The molecule has 0 aliphatic carbocycles. The minimum absolute atomic E-state index is 0.0570. The largest absolute Gasteiger partial charge is 0.455 e. The normalized spacial score (nSPS) is 20.5. The van der Waals surface area contributed by atoms with Gasteiger partial charge in [0.2, 0.25) is 0 Å². The number of hydrogen-bond acceptors (Lipinski definition) is 2. The van der Waals surface area contributed by atoms with Crippen molar-refractivity contribution < 1.29 is 9.53 Å². The lowest BCUT2D eigenvalue weighted by Gasteiger charge is -2.08. The standard InChI is InChI=1S/C12H20O2/c1-10(2)6-4-3-5-7-11-8-9-12(13)14-11/h8-11H,3-7H2,1-2H3/t11-/m1/s1. The van der Waals surface area contributed by atoms with Crippen molar-refractivity contribution in [2.75, 3.05) is 0 Å². The summed E-state index contributed by atoms with van der Waals surface area (Å²) in [6.45, 7) is 4.50. The van der Waals surface area contributed by atoms with Gasteiger partial charge in [0.1, 0.15) is 6.10 Å². The summed E-state index contributed by atoms with van der Waals surface area (Å²) in [7, 11) is 0. The van der Waals surface area contributed by atoms with E-state index in [1.807, 2.05) is 6.08 Å². The van der Waals surface area contributed by atoms with Gasteiger partial charge in [-0.15, -0.1) is 0 Å². The zero-order valence-corrected chi connectivity index (χ0v) is 9.16. The molecule has 14 heavy (non-hydrogen) atoms. The van der Waals surface area contributed by atoms with E-state index in [0.29, 0.717) is 0 Å². The molecule has 0 saturated carbocycles. The van der Waals surface area contributed by atoms with Gasteiger partial charge in [-0.05, 0) is 24.8 Å². The number of ether oxygens (including phenoxy) is 1. The second-order valence-electron chi connectivity index (χ2n) is 4.37. The number of esters is 1. The third kappa shape index (κ3) is 4.45. The maximum atomic E-state index is 10.7. The summed E-state index contributed by atoms with van der Waals surface area (Å²) in [6.07, 6.45) is 9.45. The molecule has 0 unspecified atom stereocenters. The molecule has 0 aromatic rings. The summed E-state index contributed by atoms with van der Waals surface area (Å²) in [4.78, 5) is 10.7. The van der Waals surface area contributed by atoms with Crippen molar-refractivity contribution in [1.29, 1.82) is 0 Å². The smallest absolute Gasteiger partial charge is 0.331 e. The monoisotopic (exact) mass is 196 g/mol. The van der Waals surface area contributed by atoms with E-state index in [1.165, 1.54) is 25.3 Å². The molecule has 2 nitrogen and oxygen atoms in total. The van der Waals surface area contributed by atoms with Crippen LogP contribution >= 0.6 is 0 Å². The Bertz CT molecular complexity index is 206. The number of cyclic esters (lactones) is 1. The van der Waals surface area contributed by atoms with Crippen molar-refractivity contribution in [3.8, 4) is 0 Å². The van der Waals surface area contributed by atoms with E-state index < -0.39 is 0 Å². The van der Waals surface area contributed by atoms with E-state index in [0.717, 1.165) is 18.8 Å². The van der Waals surface area contributed by atoms with Crippen LogP contribution in [0.1, 0.15) is 46.0 Å². The van der Waals surface area contributed by atoms with Crippen molar-refractivity contribution in [3.63, 3.8) is 0 Å². The van der Waals surface area contributed by atoms with Crippen molar-refractivity contribution in [2.45, 2.75) is 52.1 Å². The van der Waals surface area contributed by atoms with Gasteiger partial charge in [-0.2, -0.15) is 0 Å². The van der Waals surface area contributed by atoms with Gasteiger partial charge in [0.25, 0.3) is 0 Å². The third-order valence-electron chi connectivity index (χ3n) is 2.48. The fourth-order valence-electron chi connectivity index (χ4n) is 1.64. The molecule has 0 amide bonds. The predicted molar refractivity (Wildman–Crippen MR) is 56.9 cm³/mol. The van der Waals surface area contributed by atoms with Crippen LogP contribution in [0.2, 0.25) is 0 Å². The van der Waals surface area contributed by atoms with E-state index in [2.05, 4.69) is 13.8 Å². The second-order valence-corrected chi connectivity index (χ2v) is 4.37. The molecular weight excluding hydrogens is 176 g/mol. The number of unbranched alkanes of at least 4 members (excludes halogenated alkanes) is 2. The van der Waals surface area contributed by atoms with Gasteiger partial charge in [-0.25, -0.2) is 4.79 Å². The first-order valence-electron chi connectivity index (χ1n) is 5.57. The van der Waals surface area contributed by atoms with Gasteiger partial charge < -0.3 is 4.74 Å². The van der Waals surface area contributed by atoms with E-state index >= 15 is 0 Å². The fourth-order valence-corrected chi connectivity index (χ4v) is 1.64. The molecule has 0 radical (unpaired) electrons. The zero-order valence-electron chi connectivity index (χ0n) is 9.16. The minimum atomic E-state index is -0.183. The molecule has 2 heteroatoms. The quantitative estimate of drug-likeness (QED) is 0.482. The summed E-state index contributed by atoms with van der Waals surface area (Å²) in [5, 5.41) is 0. The number of hydrogen-bond donors (Lipinski definition) is 0. The van der Waals surface area contributed by atoms with Gasteiger partial charge >= 0.3 is 5.97 Å². The maximum Gasteiger partial charge on any atom is 0.331 e. The summed E-state index contributed by atoms with van der Waals surface area (Å²) < 4.78 is 5.04. The van der Waals surface area contributed by atoms with Crippen molar-refractivity contribution >= 4 is 5.97 Å². The number of rotatable bonds is 6. The molecule has 0 bridgehead atoms. The fraction of sp³-hybridized carbons (Fsp3) is 0.750. The summed E-state index contributed by atoms with van der Waals surface area (Å²) in [5.74, 6) is 0.622. The summed E-state index contributed by atoms with van der Waals surface area (Å²) in [5.41, 5.74) is 0. The lowest BCUT2D eigenvalue weighted by molar-refractivity contribution is -0.138. The molecule has 80 valence electrons. The SMILES string of the molecule is CC(C)CCCCC[C@@H]1C=CC(=O)O1. The molecule has 1 atom stereocenters. The maximum absolute atomic E-state index is 10.7. The molecule has 0 aromatic carbocycles. The van der Waals surface area contributed by atoms with Crippen LogP contribution in [0.5, 0.6) is 0 Å².